The molecule has 124 valence electrons. The Morgan fingerprint density at radius 1 is 1.08 bits per heavy atom. The van der Waals surface area contributed by atoms with Gasteiger partial charge in [0.2, 0.25) is 5.78 Å². The summed E-state index contributed by atoms with van der Waals surface area (Å²) in [5.74, 6) is -1.25. The van der Waals surface area contributed by atoms with Gasteiger partial charge in [-0.2, -0.15) is 0 Å². The van der Waals surface area contributed by atoms with Gasteiger partial charge in [-0.15, -0.1) is 0 Å². The SMILES string of the molecule is CCOc1ccc(/C(O)=C/C(=O)C(=O)Nc2ccc(C)cc2)cc1. The zero-order valence-electron chi connectivity index (χ0n) is 13.6. The van der Waals surface area contributed by atoms with Crippen molar-refractivity contribution in [1.29, 1.82) is 0 Å². The molecule has 1 amide bonds. The van der Waals surface area contributed by atoms with E-state index in [9.17, 15) is 14.7 Å². The number of ketones is 1. The molecule has 2 aromatic rings. The zero-order valence-corrected chi connectivity index (χ0v) is 13.6. The molecule has 0 bridgehead atoms. The van der Waals surface area contributed by atoms with Crippen molar-refractivity contribution in [2.45, 2.75) is 13.8 Å². The first kappa shape index (κ1) is 17.3. The van der Waals surface area contributed by atoms with E-state index in [-0.39, 0.29) is 5.76 Å². The molecule has 2 N–H and O–H groups in total. The first-order chi connectivity index (χ1) is 11.5. The number of carbonyl (C=O) groups is 2. The van der Waals surface area contributed by atoms with Crippen LogP contribution in [-0.2, 0) is 9.59 Å². The average Bonchev–Trinajstić information content (AvgIpc) is 2.57. The van der Waals surface area contributed by atoms with Gasteiger partial charge in [-0.05, 0) is 50.2 Å². The highest BCUT2D eigenvalue weighted by atomic mass is 16.5. The summed E-state index contributed by atoms with van der Waals surface area (Å²) in [6, 6.07) is 13.6. The van der Waals surface area contributed by atoms with Gasteiger partial charge in [0.15, 0.2) is 0 Å². The molecule has 0 aromatic heterocycles. The van der Waals surface area contributed by atoms with Gasteiger partial charge >= 0.3 is 0 Å². The Morgan fingerprint density at radius 3 is 2.29 bits per heavy atom. The molecule has 0 fully saturated rings. The van der Waals surface area contributed by atoms with Crippen molar-refractivity contribution in [2.75, 3.05) is 11.9 Å². The number of aliphatic hydroxyl groups is 1. The molecule has 0 spiro atoms. The van der Waals surface area contributed by atoms with Crippen LogP contribution in [0.15, 0.2) is 54.6 Å². The monoisotopic (exact) mass is 325 g/mol. The van der Waals surface area contributed by atoms with Crippen molar-refractivity contribution in [3.63, 3.8) is 0 Å². The lowest BCUT2D eigenvalue weighted by atomic mass is 10.1. The van der Waals surface area contributed by atoms with E-state index in [0.717, 1.165) is 11.6 Å². The molecule has 0 atom stereocenters. The molecule has 0 heterocycles. The molecular weight excluding hydrogens is 306 g/mol. The molecule has 5 nitrogen and oxygen atoms in total. The number of carbonyl (C=O) groups excluding carboxylic acids is 2. The smallest absolute Gasteiger partial charge is 0.296 e. The van der Waals surface area contributed by atoms with Crippen LogP contribution in [0, 0.1) is 6.92 Å². The van der Waals surface area contributed by atoms with Gasteiger partial charge in [0.25, 0.3) is 5.91 Å². The Kier molecular flexibility index (Phi) is 5.73. The summed E-state index contributed by atoms with van der Waals surface area (Å²) in [4.78, 5) is 23.8. The van der Waals surface area contributed by atoms with E-state index in [1.807, 2.05) is 26.0 Å². The third-order valence-corrected chi connectivity index (χ3v) is 3.26. The Labute approximate surface area is 140 Å². The molecule has 5 heteroatoms. The average molecular weight is 325 g/mol. The van der Waals surface area contributed by atoms with Gasteiger partial charge in [-0.1, -0.05) is 17.7 Å². The highest BCUT2D eigenvalue weighted by Crippen LogP contribution is 2.17. The third-order valence-electron chi connectivity index (χ3n) is 3.26. The normalized spacial score (nSPS) is 11.0. The highest BCUT2D eigenvalue weighted by Gasteiger charge is 2.13. The van der Waals surface area contributed by atoms with Crippen molar-refractivity contribution in [2.24, 2.45) is 0 Å². The minimum atomic E-state index is -0.832. The number of hydrogen-bond donors (Lipinski definition) is 2. The van der Waals surface area contributed by atoms with E-state index in [2.05, 4.69) is 5.32 Å². The molecule has 0 radical (unpaired) electrons. The topological polar surface area (TPSA) is 75.6 Å². The van der Waals surface area contributed by atoms with Crippen molar-refractivity contribution >= 4 is 23.1 Å². The maximum absolute atomic E-state index is 11.9. The standard InChI is InChI=1S/C19H19NO4/c1-3-24-16-10-6-14(7-11-16)17(21)12-18(22)19(23)20-15-8-4-13(2)5-9-15/h4-12,21H,3H2,1-2H3,(H,20,23)/b17-12-. The number of ether oxygens (including phenoxy) is 1. The van der Waals surface area contributed by atoms with Crippen molar-refractivity contribution < 1.29 is 19.4 Å². The second kappa shape index (κ2) is 7.97. The summed E-state index contributed by atoms with van der Waals surface area (Å²) in [5, 5.41) is 12.5. The van der Waals surface area contributed by atoms with Crippen molar-refractivity contribution in [3.05, 3.63) is 65.7 Å². The first-order valence-electron chi connectivity index (χ1n) is 7.55. The minimum Gasteiger partial charge on any atom is -0.507 e. The van der Waals surface area contributed by atoms with E-state index in [4.69, 9.17) is 4.74 Å². The number of benzene rings is 2. The fraction of sp³-hybridized carbons (Fsp3) is 0.158. The van der Waals surface area contributed by atoms with Gasteiger partial charge in [0, 0.05) is 17.3 Å². The predicted octanol–water partition coefficient (Wildman–Crippen LogP) is 3.50. The van der Waals surface area contributed by atoms with Crippen molar-refractivity contribution in [3.8, 4) is 5.75 Å². The van der Waals surface area contributed by atoms with E-state index in [1.54, 1.807) is 36.4 Å². The van der Waals surface area contributed by atoms with Gasteiger partial charge in [-0.25, -0.2) is 0 Å². The van der Waals surface area contributed by atoms with Gasteiger partial charge in [0.05, 0.1) is 6.61 Å². The summed E-state index contributed by atoms with van der Waals surface area (Å²) in [7, 11) is 0. The number of aryl methyl sites for hydroxylation is 1. The second-order valence-corrected chi connectivity index (χ2v) is 5.17. The molecule has 0 aliphatic rings. The number of hydrogen-bond acceptors (Lipinski definition) is 4. The van der Waals surface area contributed by atoms with Crippen LogP contribution in [0.2, 0.25) is 0 Å². The van der Waals surface area contributed by atoms with E-state index in [1.165, 1.54) is 0 Å². The number of amides is 1. The summed E-state index contributed by atoms with van der Waals surface area (Å²) in [6.45, 7) is 4.34. The van der Waals surface area contributed by atoms with Gasteiger partial charge < -0.3 is 15.2 Å². The fourth-order valence-corrected chi connectivity index (χ4v) is 1.99. The summed E-state index contributed by atoms with van der Waals surface area (Å²) < 4.78 is 5.30. The lowest BCUT2D eigenvalue weighted by Gasteiger charge is -2.05. The van der Waals surface area contributed by atoms with Gasteiger partial charge in [-0.3, -0.25) is 9.59 Å². The van der Waals surface area contributed by atoms with Crippen LogP contribution in [0.25, 0.3) is 5.76 Å². The second-order valence-electron chi connectivity index (χ2n) is 5.17. The fourth-order valence-electron chi connectivity index (χ4n) is 1.99. The van der Waals surface area contributed by atoms with Crippen LogP contribution in [-0.4, -0.2) is 23.4 Å². The molecule has 0 aliphatic heterocycles. The Hall–Kier alpha value is -3.08. The number of rotatable bonds is 6. The molecule has 0 saturated heterocycles. The molecule has 2 rings (SSSR count). The first-order valence-corrected chi connectivity index (χ1v) is 7.55. The van der Waals surface area contributed by atoms with Crippen LogP contribution in [0.4, 0.5) is 5.69 Å². The van der Waals surface area contributed by atoms with Crippen LogP contribution in [0.5, 0.6) is 5.75 Å². The van der Waals surface area contributed by atoms with Crippen molar-refractivity contribution in [1.82, 2.24) is 0 Å². The van der Waals surface area contributed by atoms with Gasteiger partial charge in [0.1, 0.15) is 11.5 Å². The van der Waals surface area contributed by atoms with E-state index < -0.39 is 11.7 Å². The van der Waals surface area contributed by atoms with Crippen LogP contribution >= 0.6 is 0 Å². The number of anilines is 1. The van der Waals surface area contributed by atoms with Crippen LogP contribution < -0.4 is 10.1 Å². The minimum absolute atomic E-state index is 0.276. The summed E-state index contributed by atoms with van der Waals surface area (Å²) >= 11 is 0. The quantitative estimate of drug-likeness (QED) is 0.484. The molecule has 2 aromatic carbocycles. The summed E-state index contributed by atoms with van der Waals surface area (Å²) in [5.41, 5.74) is 2.00. The third kappa shape index (κ3) is 4.71. The lowest BCUT2D eigenvalue weighted by Crippen LogP contribution is -2.21. The predicted molar refractivity (Wildman–Crippen MR) is 93.0 cm³/mol. The molecule has 0 unspecified atom stereocenters. The lowest BCUT2D eigenvalue weighted by molar-refractivity contribution is -0.131. The maximum atomic E-state index is 11.9. The van der Waals surface area contributed by atoms with Crippen LogP contribution in [0.1, 0.15) is 18.1 Å². The maximum Gasteiger partial charge on any atom is 0.296 e. The van der Waals surface area contributed by atoms with E-state index in [0.29, 0.717) is 23.6 Å². The highest BCUT2D eigenvalue weighted by molar-refractivity contribution is 6.45. The molecule has 24 heavy (non-hydrogen) atoms. The van der Waals surface area contributed by atoms with Crippen LogP contribution in [0.3, 0.4) is 0 Å². The number of aliphatic hydroxyl groups excluding tert-OH is 1. The van der Waals surface area contributed by atoms with E-state index >= 15 is 0 Å². The molecular formula is C19H19NO4. The molecule has 0 aliphatic carbocycles. The Bertz CT molecular complexity index is 746. The zero-order chi connectivity index (χ0) is 17.5. The number of nitrogens with one attached hydrogen (secondary N) is 1. The Balaban J connectivity index is 2.04. The summed E-state index contributed by atoms with van der Waals surface area (Å²) in [6.07, 6.45) is 0.902. The Morgan fingerprint density at radius 2 is 1.71 bits per heavy atom. The largest absolute Gasteiger partial charge is 0.507 e. The molecule has 0 saturated carbocycles.